The zero-order chi connectivity index (χ0) is 12.1. The fourth-order valence-corrected chi connectivity index (χ4v) is 5.98. The molecule has 102 valence electrons. The Labute approximate surface area is 112 Å². The predicted octanol–water partition coefficient (Wildman–Crippen LogP) is 3.84. The first-order valence-electron chi connectivity index (χ1n) is 8.50. The summed E-state index contributed by atoms with van der Waals surface area (Å²) in [5, 5.41) is 3.71. The van der Waals surface area contributed by atoms with Crippen LogP contribution in [0, 0.1) is 35.5 Å². The van der Waals surface area contributed by atoms with Crippen LogP contribution in [0.4, 0.5) is 0 Å². The van der Waals surface area contributed by atoms with Gasteiger partial charge in [0.15, 0.2) is 0 Å². The Bertz CT molecular complexity index is 279. The molecule has 0 heterocycles. The predicted molar refractivity (Wildman–Crippen MR) is 75.3 cm³/mol. The average Bonchev–Trinajstić information content (AvgIpc) is 3.15. The largest absolute Gasteiger partial charge is 0.317 e. The fourth-order valence-electron chi connectivity index (χ4n) is 5.98. The van der Waals surface area contributed by atoms with E-state index in [0.29, 0.717) is 0 Å². The van der Waals surface area contributed by atoms with E-state index in [1.54, 1.807) is 32.1 Å². The molecule has 1 nitrogen and oxygen atoms in total. The summed E-state index contributed by atoms with van der Waals surface area (Å²) in [6.07, 6.45) is 13.9. The highest BCUT2D eigenvalue weighted by Crippen LogP contribution is 2.57. The normalized spacial score (nSPS) is 47.5. The number of hydrogen-bond acceptors (Lipinski definition) is 1. The molecule has 1 unspecified atom stereocenters. The van der Waals surface area contributed by atoms with Crippen molar-refractivity contribution in [3.63, 3.8) is 0 Å². The van der Waals surface area contributed by atoms with Gasteiger partial charge in [-0.2, -0.15) is 0 Å². The molecule has 4 bridgehead atoms. The number of rotatable bonds is 5. The van der Waals surface area contributed by atoms with Gasteiger partial charge in [-0.05, 0) is 87.5 Å². The molecule has 0 aromatic rings. The topological polar surface area (TPSA) is 12.0 Å². The van der Waals surface area contributed by atoms with Crippen LogP contribution in [-0.2, 0) is 0 Å². The van der Waals surface area contributed by atoms with Crippen molar-refractivity contribution in [2.75, 3.05) is 7.05 Å². The van der Waals surface area contributed by atoms with Gasteiger partial charge in [-0.25, -0.2) is 0 Å². The van der Waals surface area contributed by atoms with Gasteiger partial charge in [0.25, 0.3) is 0 Å². The Balaban J connectivity index is 1.45. The van der Waals surface area contributed by atoms with Gasteiger partial charge in [0.1, 0.15) is 0 Å². The highest BCUT2D eigenvalue weighted by atomic mass is 14.9. The molecule has 1 atom stereocenters. The first kappa shape index (κ1) is 11.8. The van der Waals surface area contributed by atoms with E-state index >= 15 is 0 Å². The Kier molecular flexibility index (Phi) is 2.94. The third-order valence-electron chi connectivity index (χ3n) is 6.72. The second kappa shape index (κ2) is 4.51. The zero-order valence-electron chi connectivity index (χ0n) is 11.9. The quantitative estimate of drug-likeness (QED) is 0.778. The highest BCUT2D eigenvalue weighted by molar-refractivity contribution is 5.01. The van der Waals surface area contributed by atoms with E-state index in [0.717, 1.165) is 41.5 Å². The Morgan fingerprint density at radius 2 is 1.56 bits per heavy atom. The van der Waals surface area contributed by atoms with Crippen LogP contribution in [0.2, 0.25) is 0 Å². The third kappa shape index (κ3) is 2.03. The highest BCUT2D eigenvalue weighted by Gasteiger charge is 2.50. The molecule has 0 aliphatic heterocycles. The molecule has 5 aliphatic carbocycles. The summed E-state index contributed by atoms with van der Waals surface area (Å²) in [7, 11) is 2.22. The molecule has 0 aromatic heterocycles. The molecule has 18 heavy (non-hydrogen) atoms. The summed E-state index contributed by atoms with van der Waals surface area (Å²) in [6.45, 7) is 0. The summed E-state index contributed by atoms with van der Waals surface area (Å²) >= 11 is 0. The molecule has 5 fully saturated rings. The van der Waals surface area contributed by atoms with Crippen molar-refractivity contribution in [2.24, 2.45) is 35.5 Å². The standard InChI is InChI=1S/C17H29N/c1-18-16(5-4-11-2-3-11)17-14-7-12-6-13(9-14)10-15(17)8-12/h11-18H,2-10H2,1H3. The van der Waals surface area contributed by atoms with Crippen LogP contribution in [0.5, 0.6) is 0 Å². The Hall–Kier alpha value is -0.0400. The summed E-state index contributed by atoms with van der Waals surface area (Å²) in [5.41, 5.74) is 0. The molecule has 0 radical (unpaired) electrons. The van der Waals surface area contributed by atoms with Crippen LogP contribution in [-0.4, -0.2) is 13.1 Å². The van der Waals surface area contributed by atoms with E-state index in [9.17, 15) is 0 Å². The monoisotopic (exact) mass is 247 g/mol. The first-order valence-corrected chi connectivity index (χ1v) is 8.50. The molecular weight excluding hydrogens is 218 g/mol. The minimum atomic E-state index is 0.848. The van der Waals surface area contributed by atoms with E-state index in [1.165, 1.54) is 25.7 Å². The summed E-state index contributed by atoms with van der Waals surface area (Å²) in [5.74, 6) is 6.60. The molecule has 0 spiro atoms. The second-order valence-electron chi connectivity index (χ2n) is 7.92. The molecule has 0 amide bonds. The third-order valence-corrected chi connectivity index (χ3v) is 6.72. The summed E-state index contributed by atoms with van der Waals surface area (Å²) in [6, 6.07) is 0.848. The van der Waals surface area contributed by atoms with Crippen LogP contribution in [0.15, 0.2) is 0 Å². The van der Waals surface area contributed by atoms with Crippen LogP contribution in [0.25, 0.3) is 0 Å². The average molecular weight is 247 g/mol. The minimum absolute atomic E-state index is 0.848. The molecule has 5 rings (SSSR count). The van der Waals surface area contributed by atoms with Crippen LogP contribution in [0.1, 0.15) is 57.8 Å². The number of nitrogens with one attached hydrogen (secondary N) is 1. The molecule has 0 saturated heterocycles. The lowest BCUT2D eigenvalue weighted by molar-refractivity contribution is -0.0523. The van der Waals surface area contributed by atoms with Crippen LogP contribution >= 0.6 is 0 Å². The van der Waals surface area contributed by atoms with Crippen molar-refractivity contribution in [3.05, 3.63) is 0 Å². The van der Waals surface area contributed by atoms with Crippen LogP contribution < -0.4 is 5.32 Å². The minimum Gasteiger partial charge on any atom is -0.317 e. The van der Waals surface area contributed by atoms with E-state index in [-0.39, 0.29) is 0 Å². The maximum Gasteiger partial charge on any atom is 0.00977 e. The van der Waals surface area contributed by atoms with Crippen LogP contribution in [0.3, 0.4) is 0 Å². The van der Waals surface area contributed by atoms with Gasteiger partial charge in [0.2, 0.25) is 0 Å². The fraction of sp³-hybridized carbons (Fsp3) is 1.00. The van der Waals surface area contributed by atoms with Gasteiger partial charge >= 0.3 is 0 Å². The van der Waals surface area contributed by atoms with Crippen molar-refractivity contribution < 1.29 is 0 Å². The van der Waals surface area contributed by atoms with Gasteiger partial charge < -0.3 is 5.32 Å². The lowest BCUT2D eigenvalue weighted by Crippen LogP contribution is -2.52. The zero-order valence-corrected chi connectivity index (χ0v) is 11.9. The lowest BCUT2D eigenvalue weighted by atomic mass is 9.50. The van der Waals surface area contributed by atoms with Gasteiger partial charge in [-0.15, -0.1) is 0 Å². The van der Waals surface area contributed by atoms with Crippen molar-refractivity contribution in [3.8, 4) is 0 Å². The molecule has 5 aliphatic rings. The van der Waals surface area contributed by atoms with E-state index in [2.05, 4.69) is 12.4 Å². The molecule has 1 heteroatoms. The lowest BCUT2D eigenvalue weighted by Gasteiger charge is -2.56. The molecule has 0 aromatic carbocycles. The number of hydrogen-bond donors (Lipinski definition) is 1. The van der Waals surface area contributed by atoms with Crippen molar-refractivity contribution >= 4 is 0 Å². The smallest absolute Gasteiger partial charge is 0.00977 e. The Morgan fingerprint density at radius 1 is 0.944 bits per heavy atom. The second-order valence-corrected chi connectivity index (χ2v) is 7.92. The van der Waals surface area contributed by atoms with Crippen molar-refractivity contribution in [1.82, 2.24) is 5.32 Å². The maximum absolute atomic E-state index is 3.71. The van der Waals surface area contributed by atoms with Gasteiger partial charge in [-0.3, -0.25) is 0 Å². The summed E-state index contributed by atoms with van der Waals surface area (Å²) in [4.78, 5) is 0. The van der Waals surface area contributed by atoms with Gasteiger partial charge in [0, 0.05) is 6.04 Å². The summed E-state index contributed by atoms with van der Waals surface area (Å²) < 4.78 is 0. The molecule has 1 N–H and O–H groups in total. The van der Waals surface area contributed by atoms with Gasteiger partial charge in [0.05, 0.1) is 0 Å². The van der Waals surface area contributed by atoms with E-state index < -0.39 is 0 Å². The van der Waals surface area contributed by atoms with E-state index in [1.807, 2.05) is 0 Å². The van der Waals surface area contributed by atoms with Crippen molar-refractivity contribution in [1.29, 1.82) is 0 Å². The Morgan fingerprint density at radius 3 is 2.06 bits per heavy atom. The molecule has 5 saturated carbocycles. The molecular formula is C17H29N. The van der Waals surface area contributed by atoms with Crippen molar-refractivity contribution in [2.45, 2.75) is 63.8 Å². The maximum atomic E-state index is 3.71. The first-order chi connectivity index (χ1) is 8.83. The van der Waals surface area contributed by atoms with E-state index in [4.69, 9.17) is 0 Å². The SMILES string of the molecule is CNC(CCC1CC1)C1C2CC3CC(C2)CC1C3. The van der Waals surface area contributed by atoms with Gasteiger partial charge in [-0.1, -0.05) is 12.8 Å².